The number of hydrogen-bond donors (Lipinski definition) is 1. The quantitative estimate of drug-likeness (QED) is 0.524. The van der Waals surface area contributed by atoms with Crippen LogP contribution in [0.4, 0.5) is 0 Å². The van der Waals surface area contributed by atoms with Crippen molar-refractivity contribution < 1.29 is 9.90 Å². The number of fused-ring (bicyclic) bond motifs is 1. The first-order valence-corrected chi connectivity index (χ1v) is 11.1. The molecule has 1 aliphatic carbocycles. The van der Waals surface area contributed by atoms with E-state index in [4.69, 9.17) is 5.11 Å². The highest BCUT2D eigenvalue weighted by Gasteiger charge is 2.37. The standard InChI is InChI=1S/C28H36O2/c1-18(2)14-22-16-24-25(28(6,7)13-12-27(24,4)5)17-23(22)19(3)15-20-8-10-21(11-9-20)26(29)30/h8-11,15-18H,12-14H2,1-7H3,(H,29,30)/b19-15+. The van der Waals surface area contributed by atoms with Crippen LogP contribution in [0, 0.1) is 5.92 Å². The van der Waals surface area contributed by atoms with Gasteiger partial charge >= 0.3 is 5.97 Å². The Labute approximate surface area is 182 Å². The van der Waals surface area contributed by atoms with E-state index in [9.17, 15) is 4.79 Å². The highest BCUT2D eigenvalue weighted by atomic mass is 16.4. The molecule has 0 radical (unpaired) electrons. The third kappa shape index (κ3) is 4.53. The highest BCUT2D eigenvalue weighted by molar-refractivity contribution is 5.88. The van der Waals surface area contributed by atoms with Crippen LogP contribution in [0.15, 0.2) is 36.4 Å². The van der Waals surface area contributed by atoms with Crippen LogP contribution in [0.1, 0.15) is 99.5 Å². The average molecular weight is 405 g/mol. The van der Waals surface area contributed by atoms with Gasteiger partial charge in [-0.05, 0) is 88.5 Å². The minimum absolute atomic E-state index is 0.180. The number of allylic oxidation sites excluding steroid dienone is 1. The molecule has 1 N–H and O–H groups in total. The maximum atomic E-state index is 11.1. The normalized spacial score (nSPS) is 17.7. The van der Waals surface area contributed by atoms with Gasteiger partial charge in [-0.1, -0.05) is 71.9 Å². The fraction of sp³-hybridized carbons (Fsp3) is 0.464. The summed E-state index contributed by atoms with van der Waals surface area (Å²) in [5, 5.41) is 9.14. The summed E-state index contributed by atoms with van der Waals surface area (Å²) in [5.41, 5.74) is 8.72. The van der Waals surface area contributed by atoms with Gasteiger partial charge in [-0.3, -0.25) is 0 Å². The maximum Gasteiger partial charge on any atom is 0.335 e. The Morgan fingerprint density at radius 1 is 1.00 bits per heavy atom. The summed E-state index contributed by atoms with van der Waals surface area (Å²) in [7, 11) is 0. The summed E-state index contributed by atoms with van der Waals surface area (Å²) in [5.74, 6) is -0.301. The lowest BCUT2D eigenvalue weighted by Gasteiger charge is -2.42. The van der Waals surface area contributed by atoms with Crippen molar-refractivity contribution in [2.75, 3.05) is 0 Å². The summed E-state index contributed by atoms with van der Waals surface area (Å²) in [6.45, 7) is 16.2. The molecule has 0 saturated heterocycles. The zero-order valence-corrected chi connectivity index (χ0v) is 19.6. The summed E-state index contributed by atoms with van der Waals surface area (Å²) >= 11 is 0. The van der Waals surface area contributed by atoms with Crippen molar-refractivity contribution in [1.29, 1.82) is 0 Å². The predicted molar refractivity (Wildman–Crippen MR) is 127 cm³/mol. The van der Waals surface area contributed by atoms with Gasteiger partial charge in [0.15, 0.2) is 0 Å². The van der Waals surface area contributed by atoms with Gasteiger partial charge in [0.05, 0.1) is 5.56 Å². The summed E-state index contributed by atoms with van der Waals surface area (Å²) in [4.78, 5) is 11.1. The summed E-state index contributed by atoms with van der Waals surface area (Å²) in [6, 6.07) is 12.1. The third-order valence-corrected chi connectivity index (χ3v) is 6.67. The monoisotopic (exact) mass is 404 g/mol. The van der Waals surface area contributed by atoms with E-state index in [1.54, 1.807) is 12.1 Å². The van der Waals surface area contributed by atoms with Crippen LogP contribution in [0.3, 0.4) is 0 Å². The van der Waals surface area contributed by atoms with Gasteiger partial charge in [0.2, 0.25) is 0 Å². The van der Waals surface area contributed by atoms with E-state index in [1.165, 1.54) is 40.7 Å². The molecule has 2 heteroatoms. The Hall–Kier alpha value is -2.35. The van der Waals surface area contributed by atoms with Crippen molar-refractivity contribution in [2.45, 2.75) is 78.6 Å². The van der Waals surface area contributed by atoms with E-state index in [0.717, 1.165) is 12.0 Å². The van der Waals surface area contributed by atoms with Crippen LogP contribution in [0.25, 0.3) is 11.6 Å². The number of rotatable bonds is 5. The van der Waals surface area contributed by atoms with Crippen LogP contribution >= 0.6 is 0 Å². The van der Waals surface area contributed by atoms with Gasteiger partial charge in [0.1, 0.15) is 0 Å². The molecule has 3 rings (SSSR count). The summed E-state index contributed by atoms with van der Waals surface area (Å²) < 4.78 is 0. The number of aromatic carboxylic acids is 1. The van der Waals surface area contributed by atoms with E-state index in [0.29, 0.717) is 11.5 Å². The van der Waals surface area contributed by atoms with Crippen molar-refractivity contribution in [3.8, 4) is 0 Å². The molecular formula is C28H36O2. The molecule has 0 saturated carbocycles. The SMILES string of the molecule is C/C(=C\c1ccc(C(=O)O)cc1)c1cc2c(cc1CC(C)C)C(C)(C)CCC2(C)C. The van der Waals surface area contributed by atoms with E-state index < -0.39 is 5.97 Å². The molecule has 30 heavy (non-hydrogen) atoms. The topological polar surface area (TPSA) is 37.3 Å². The molecule has 2 aromatic carbocycles. The largest absolute Gasteiger partial charge is 0.478 e. The number of carbonyl (C=O) groups is 1. The lowest BCUT2D eigenvalue weighted by atomic mass is 9.62. The van der Waals surface area contributed by atoms with Gasteiger partial charge < -0.3 is 5.11 Å². The molecule has 0 unspecified atom stereocenters. The number of carboxylic acid groups (broad SMARTS) is 1. The van der Waals surface area contributed by atoms with Gasteiger partial charge in [-0.2, -0.15) is 0 Å². The first-order valence-electron chi connectivity index (χ1n) is 11.1. The second-order valence-corrected chi connectivity index (χ2v) is 10.7. The van der Waals surface area contributed by atoms with Crippen molar-refractivity contribution in [3.05, 3.63) is 69.8 Å². The Morgan fingerprint density at radius 3 is 2.03 bits per heavy atom. The van der Waals surface area contributed by atoms with E-state index in [-0.39, 0.29) is 10.8 Å². The first kappa shape index (κ1) is 22.3. The summed E-state index contributed by atoms with van der Waals surface area (Å²) in [6.07, 6.45) is 5.66. The average Bonchev–Trinajstić information content (AvgIpc) is 2.65. The molecule has 0 spiro atoms. The minimum Gasteiger partial charge on any atom is -0.478 e. The Bertz CT molecular complexity index is 972. The second kappa shape index (κ2) is 8.06. The molecule has 0 fully saturated rings. The molecule has 1 aliphatic rings. The maximum absolute atomic E-state index is 11.1. The van der Waals surface area contributed by atoms with Crippen molar-refractivity contribution in [3.63, 3.8) is 0 Å². The van der Waals surface area contributed by atoms with Gasteiger partial charge in [-0.15, -0.1) is 0 Å². The van der Waals surface area contributed by atoms with E-state index >= 15 is 0 Å². The first-order chi connectivity index (χ1) is 13.9. The van der Waals surface area contributed by atoms with Crippen LogP contribution in [0.5, 0.6) is 0 Å². The molecule has 0 atom stereocenters. The van der Waals surface area contributed by atoms with Crippen LogP contribution in [-0.4, -0.2) is 11.1 Å². The Morgan fingerprint density at radius 2 is 1.53 bits per heavy atom. The molecular weight excluding hydrogens is 368 g/mol. The molecule has 0 bridgehead atoms. The predicted octanol–water partition coefficient (Wildman–Crippen LogP) is 7.49. The zero-order chi connectivity index (χ0) is 22.3. The smallest absolute Gasteiger partial charge is 0.335 e. The van der Waals surface area contributed by atoms with Gasteiger partial charge in [0.25, 0.3) is 0 Å². The highest BCUT2D eigenvalue weighted by Crippen LogP contribution is 2.47. The molecule has 0 amide bonds. The minimum atomic E-state index is -0.888. The lowest BCUT2D eigenvalue weighted by molar-refractivity contribution is 0.0697. The second-order valence-electron chi connectivity index (χ2n) is 10.7. The number of hydrogen-bond acceptors (Lipinski definition) is 1. The third-order valence-electron chi connectivity index (χ3n) is 6.67. The fourth-order valence-corrected chi connectivity index (χ4v) is 4.68. The van der Waals surface area contributed by atoms with Crippen LogP contribution < -0.4 is 0 Å². The molecule has 0 aromatic heterocycles. The molecule has 160 valence electrons. The Balaban J connectivity index is 2.13. The van der Waals surface area contributed by atoms with Gasteiger partial charge in [0, 0.05) is 0 Å². The molecule has 2 aromatic rings. The van der Waals surface area contributed by atoms with Crippen LogP contribution in [-0.2, 0) is 17.3 Å². The van der Waals surface area contributed by atoms with Crippen molar-refractivity contribution in [1.82, 2.24) is 0 Å². The molecule has 0 heterocycles. The lowest BCUT2D eigenvalue weighted by Crippen LogP contribution is -2.34. The molecule has 2 nitrogen and oxygen atoms in total. The zero-order valence-electron chi connectivity index (χ0n) is 19.6. The van der Waals surface area contributed by atoms with Crippen LogP contribution in [0.2, 0.25) is 0 Å². The van der Waals surface area contributed by atoms with Crippen molar-refractivity contribution >= 4 is 17.6 Å². The Kier molecular flexibility index (Phi) is 6.00. The molecule has 0 aliphatic heterocycles. The fourth-order valence-electron chi connectivity index (χ4n) is 4.68. The van der Waals surface area contributed by atoms with Crippen molar-refractivity contribution in [2.24, 2.45) is 5.92 Å². The number of carboxylic acids is 1. The number of benzene rings is 2. The van der Waals surface area contributed by atoms with E-state index in [2.05, 4.69) is 66.7 Å². The van der Waals surface area contributed by atoms with Gasteiger partial charge in [-0.25, -0.2) is 4.79 Å². The van der Waals surface area contributed by atoms with E-state index in [1.807, 2.05) is 12.1 Å².